The summed E-state index contributed by atoms with van der Waals surface area (Å²) in [5, 5.41) is 0. The molecule has 0 saturated carbocycles. The summed E-state index contributed by atoms with van der Waals surface area (Å²) in [7, 11) is -4.75. The molecule has 0 aromatic carbocycles. The second-order valence-corrected chi connectivity index (χ2v) is 18.3. The Morgan fingerprint density at radius 3 is 1.12 bits per heavy atom. The topological polar surface area (TPSA) is 119 Å². The maximum absolute atomic E-state index is 12.4. The van der Waals surface area contributed by atoms with E-state index in [4.69, 9.17) is 19.3 Å². The van der Waals surface area contributed by atoms with Crippen LogP contribution < -0.4 is 0 Å². The van der Waals surface area contributed by atoms with E-state index in [2.05, 4.69) is 25.3 Å². The first-order valence-electron chi connectivity index (χ1n) is 24.2. The molecule has 0 aliphatic rings. The predicted molar refractivity (Wildman–Crippen MR) is 235 cm³/mol. The Morgan fingerprint density at radius 1 is 0.464 bits per heavy atom. The van der Waals surface area contributed by atoms with Gasteiger partial charge in [0.25, 0.3) is 0 Å². The lowest BCUT2D eigenvalue weighted by Gasteiger charge is -2.18. The fourth-order valence-corrected chi connectivity index (χ4v) is 7.77. The summed E-state index contributed by atoms with van der Waals surface area (Å²) in [6.45, 7) is 6.13. The Hall–Kier alpha value is -0.950. The number of phosphoric ester groups is 1. The summed E-state index contributed by atoms with van der Waals surface area (Å²) in [5.41, 5.74) is 0. The monoisotopic (exact) mass is 817 g/mol. The second-order valence-electron chi connectivity index (χ2n) is 17.1. The third-order valence-corrected chi connectivity index (χ3v) is 11.9. The van der Waals surface area contributed by atoms with E-state index in [1.54, 1.807) is 0 Å². The molecule has 9 heteroatoms. The van der Waals surface area contributed by atoms with E-state index in [9.17, 15) is 14.2 Å². The first kappa shape index (κ1) is 55.0. The number of esters is 2. The minimum atomic E-state index is -4.75. The van der Waals surface area contributed by atoms with Crippen molar-refractivity contribution in [3.05, 3.63) is 0 Å². The van der Waals surface area contributed by atoms with Crippen molar-refractivity contribution in [2.24, 2.45) is 5.92 Å². The van der Waals surface area contributed by atoms with Crippen LogP contribution in [0.5, 0.6) is 0 Å². The van der Waals surface area contributed by atoms with Crippen LogP contribution in [0.1, 0.15) is 265 Å². The van der Waals surface area contributed by atoms with Crippen molar-refractivity contribution in [3.8, 4) is 0 Å². The van der Waals surface area contributed by atoms with Gasteiger partial charge in [-0.2, -0.15) is 0 Å². The van der Waals surface area contributed by atoms with Crippen molar-refractivity contribution in [1.29, 1.82) is 0 Å². The Labute approximate surface area is 346 Å². The van der Waals surface area contributed by atoms with Gasteiger partial charge in [0.15, 0.2) is 6.10 Å². The number of carbonyl (C=O) groups excluding carboxylic acids is 2. The summed E-state index contributed by atoms with van der Waals surface area (Å²) in [6, 6.07) is 0. The number of phosphoric acid groups is 1. The highest BCUT2D eigenvalue weighted by atomic mass is 31.2. The molecule has 0 aromatic rings. The minimum Gasteiger partial charge on any atom is -0.462 e. The molecule has 2 atom stereocenters. The molecule has 0 bridgehead atoms. The van der Waals surface area contributed by atoms with Crippen molar-refractivity contribution < 1.29 is 37.9 Å². The summed E-state index contributed by atoms with van der Waals surface area (Å²) in [6.07, 6.45) is 45.4. The van der Waals surface area contributed by atoms with Crippen LogP contribution in [0.25, 0.3) is 0 Å². The van der Waals surface area contributed by atoms with E-state index >= 15 is 0 Å². The Kier molecular flexibility index (Phi) is 41.5. The second kappa shape index (κ2) is 42.2. The third kappa shape index (κ3) is 44.2. The maximum Gasteiger partial charge on any atom is 0.469 e. The molecule has 334 valence electrons. The van der Waals surface area contributed by atoms with Crippen molar-refractivity contribution in [2.45, 2.75) is 271 Å². The lowest BCUT2D eigenvalue weighted by Crippen LogP contribution is -2.29. The van der Waals surface area contributed by atoms with Gasteiger partial charge >= 0.3 is 19.8 Å². The van der Waals surface area contributed by atoms with Gasteiger partial charge in [-0.3, -0.25) is 14.1 Å². The summed E-state index contributed by atoms with van der Waals surface area (Å²) in [5.74, 6) is 0.0380. The summed E-state index contributed by atoms with van der Waals surface area (Å²) >= 11 is 0. The van der Waals surface area contributed by atoms with E-state index in [0.717, 1.165) is 38.0 Å². The molecule has 0 fully saturated rings. The van der Waals surface area contributed by atoms with Gasteiger partial charge in [-0.1, -0.05) is 239 Å². The highest BCUT2D eigenvalue weighted by Gasteiger charge is 2.23. The molecule has 0 saturated heterocycles. The van der Waals surface area contributed by atoms with Crippen LogP contribution >= 0.6 is 7.82 Å². The van der Waals surface area contributed by atoms with Crippen molar-refractivity contribution in [2.75, 3.05) is 13.2 Å². The van der Waals surface area contributed by atoms with Gasteiger partial charge in [0, 0.05) is 12.8 Å². The van der Waals surface area contributed by atoms with Gasteiger partial charge in [-0.15, -0.1) is 0 Å². The quantitative estimate of drug-likeness (QED) is 0.0354. The van der Waals surface area contributed by atoms with Crippen molar-refractivity contribution in [3.63, 3.8) is 0 Å². The van der Waals surface area contributed by atoms with Gasteiger partial charge < -0.3 is 19.3 Å². The molecule has 0 amide bonds. The van der Waals surface area contributed by atoms with E-state index in [1.165, 1.54) is 193 Å². The van der Waals surface area contributed by atoms with Gasteiger partial charge in [0.05, 0.1) is 6.61 Å². The van der Waals surface area contributed by atoms with Crippen LogP contribution in [0.4, 0.5) is 0 Å². The SMILES string of the molecule is CCCCCCCCCCCCCCCCCCC(=O)O[C@H](COC(=O)CCCCCCCCCCCCCCCCCCCCC(C)CC)COP(=O)(O)O. The number of hydrogen-bond acceptors (Lipinski definition) is 6. The standard InChI is InChI=1S/C47H93O8P/c1-4-6-7-8-9-10-11-12-13-19-23-26-29-32-35-38-41-47(49)55-45(43-54-56(50,51)52)42-53-46(48)40-37-34-31-28-25-22-20-17-15-14-16-18-21-24-27-30-33-36-39-44(3)5-2/h44-45H,4-43H2,1-3H3,(H2,50,51,52)/t44?,45-/m1/s1. The Morgan fingerprint density at radius 2 is 0.786 bits per heavy atom. The molecule has 0 spiro atoms. The van der Waals surface area contributed by atoms with E-state index < -0.39 is 32.5 Å². The Bertz CT molecular complexity index is 893. The largest absolute Gasteiger partial charge is 0.469 e. The first-order valence-corrected chi connectivity index (χ1v) is 25.8. The van der Waals surface area contributed by atoms with Gasteiger partial charge in [-0.05, 0) is 18.8 Å². The van der Waals surface area contributed by atoms with Crippen molar-refractivity contribution in [1.82, 2.24) is 0 Å². The lowest BCUT2D eigenvalue weighted by atomic mass is 9.99. The van der Waals surface area contributed by atoms with Crippen molar-refractivity contribution >= 4 is 19.8 Å². The average molecular weight is 817 g/mol. The molecular formula is C47H93O8P. The normalized spacial score (nSPS) is 12.9. The fourth-order valence-electron chi connectivity index (χ4n) is 7.41. The highest BCUT2D eigenvalue weighted by molar-refractivity contribution is 7.46. The van der Waals surface area contributed by atoms with Crippen LogP contribution in [0.3, 0.4) is 0 Å². The molecule has 56 heavy (non-hydrogen) atoms. The van der Waals surface area contributed by atoms with Crippen LogP contribution in [0, 0.1) is 5.92 Å². The average Bonchev–Trinajstić information content (AvgIpc) is 3.17. The molecule has 0 rings (SSSR count). The first-order chi connectivity index (χ1) is 27.2. The molecular weight excluding hydrogens is 723 g/mol. The number of carbonyl (C=O) groups is 2. The Balaban J connectivity index is 3.77. The molecule has 1 unspecified atom stereocenters. The van der Waals surface area contributed by atoms with Crippen LogP contribution in [-0.2, 0) is 28.2 Å². The number of hydrogen-bond donors (Lipinski definition) is 2. The third-order valence-electron chi connectivity index (χ3n) is 11.4. The summed E-state index contributed by atoms with van der Waals surface area (Å²) in [4.78, 5) is 43.0. The zero-order chi connectivity index (χ0) is 41.2. The molecule has 0 aliphatic carbocycles. The highest BCUT2D eigenvalue weighted by Crippen LogP contribution is 2.36. The fraction of sp³-hybridized carbons (Fsp3) is 0.957. The van der Waals surface area contributed by atoms with E-state index in [1.807, 2.05) is 0 Å². The number of unbranched alkanes of at least 4 members (excludes halogenated alkanes) is 32. The zero-order valence-corrected chi connectivity index (χ0v) is 38.1. The molecule has 8 nitrogen and oxygen atoms in total. The number of ether oxygens (including phenoxy) is 2. The van der Waals surface area contributed by atoms with Crippen LogP contribution in [0.15, 0.2) is 0 Å². The molecule has 2 N–H and O–H groups in total. The number of rotatable bonds is 45. The van der Waals surface area contributed by atoms with Gasteiger partial charge in [0.2, 0.25) is 0 Å². The molecule has 0 aromatic heterocycles. The van der Waals surface area contributed by atoms with Gasteiger partial charge in [-0.25, -0.2) is 4.57 Å². The van der Waals surface area contributed by atoms with E-state index in [0.29, 0.717) is 6.42 Å². The molecule has 0 radical (unpaired) electrons. The van der Waals surface area contributed by atoms with Crippen LogP contribution in [-0.4, -0.2) is 41.0 Å². The predicted octanol–water partition coefficient (Wildman–Crippen LogP) is 15.1. The zero-order valence-electron chi connectivity index (χ0n) is 37.2. The molecule has 0 aliphatic heterocycles. The maximum atomic E-state index is 12.4. The smallest absolute Gasteiger partial charge is 0.462 e. The summed E-state index contributed by atoms with van der Waals surface area (Å²) < 4.78 is 26.5. The van der Waals surface area contributed by atoms with E-state index in [-0.39, 0.29) is 19.4 Å². The van der Waals surface area contributed by atoms with Crippen LogP contribution in [0.2, 0.25) is 0 Å². The van der Waals surface area contributed by atoms with Gasteiger partial charge in [0.1, 0.15) is 6.61 Å². The molecule has 0 heterocycles. The minimum absolute atomic E-state index is 0.220. The lowest BCUT2D eigenvalue weighted by molar-refractivity contribution is -0.161.